The van der Waals surface area contributed by atoms with E-state index >= 15 is 0 Å². The number of nitrogens with zero attached hydrogens (tertiary/aromatic N) is 5. The van der Waals surface area contributed by atoms with E-state index in [-0.39, 0.29) is 6.04 Å². The van der Waals surface area contributed by atoms with E-state index in [1.54, 1.807) is 0 Å². The van der Waals surface area contributed by atoms with Gasteiger partial charge in [0.1, 0.15) is 18.8 Å². The number of rotatable bonds is 4. The molecule has 0 N–H and O–H groups in total. The Balaban J connectivity index is 1.96. The maximum Gasteiger partial charge on any atom is 0.122 e. The molecule has 0 aromatic carbocycles. The van der Waals surface area contributed by atoms with E-state index < -0.39 is 0 Å². The Bertz CT molecular complexity index is 702. The van der Waals surface area contributed by atoms with Crippen molar-refractivity contribution in [3.8, 4) is 0 Å². The molecular formula is C14H18N5OP. The quantitative estimate of drug-likeness (QED) is 0.638. The molecule has 0 saturated carbocycles. The zero-order valence-electron chi connectivity index (χ0n) is 12.1. The Morgan fingerprint density at radius 1 is 1.52 bits per heavy atom. The lowest BCUT2D eigenvalue weighted by Gasteiger charge is -2.24. The van der Waals surface area contributed by atoms with Crippen molar-refractivity contribution in [2.45, 2.75) is 19.4 Å². The van der Waals surface area contributed by atoms with Gasteiger partial charge in [-0.25, -0.2) is 0 Å². The molecule has 0 fully saturated rings. The van der Waals surface area contributed by atoms with Gasteiger partial charge in [0, 0.05) is 37.0 Å². The van der Waals surface area contributed by atoms with Crippen molar-refractivity contribution in [3.63, 3.8) is 0 Å². The summed E-state index contributed by atoms with van der Waals surface area (Å²) >= 11 is 0. The normalized spacial score (nSPS) is 15.6. The Morgan fingerprint density at radius 3 is 3.10 bits per heavy atom. The molecule has 6 nitrogen and oxygen atoms in total. The van der Waals surface area contributed by atoms with Crippen molar-refractivity contribution in [3.05, 3.63) is 35.8 Å². The number of aliphatic imine (C=N–C) groups is 1. The van der Waals surface area contributed by atoms with Crippen LogP contribution in [0.5, 0.6) is 0 Å². The Labute approximate surface area is 125 Å². The van der Waals surface area contributed by atoms with Gasteiger partial charge in [-0.1, -0.05) is 0 Å². The first-order valence-electron chi connectivity index (χ1n) is 6.82. The van der Waals surface area contributed by atoms with E-state index in [4.69, 9.17) is 0 Å². The fourth-order valence-electron chi connectivity index (χ4n) is 2.55. The number of carbonyl (C=O) groups is 1. The molecule has 1 aliphatic rings. The SMILES string of the molecule is CC(CC=O)n1cc(C2=NCN(C)c3c2ccn3P)cn1. The van der Waals surface area contributed by atoms with Gasteiger partial charge >= 0.3 is 0 Å². The van der Waals surface area contributed by atoms with Gasteiger partial charge in [0.25, 0.3) is 0 Å². The van der Waals surface area contributed by atoms with Crippen molar-refractivity contribution in [2.75, 3.05) is 18.6 Å². The lowest BCUT2D eigenvalue weighted by atomic mass is 10.1. The standard InChI is InChI=1S/C14H18N5OP/c1-10(4-6-20)18-8-11(7-16-18)13-12-3-5-19(21)14(12)17(2)9-15-13/h3,5-8,10H,4,9,21H2,1-2H3. The summed E-state index contributed by atoms with van der Waals surface area (Å²) in [7, 11) is 4.71. The van der Waals surface area contributed by atoms with E-state index in [1.165, 1.54) is 0 Å². The van der Waals surface area contributed by atoms with Crippen LogP contribution in [0.3, 0.4) is 0 Å². The van der Waals surface area contributed by atoms with Crippen LogP contribution in [0.2, 0.25) is 0 Å². The monoisotopic (exact) mass is 303 g/mol. The highest BCUT2D eigenvalue weighted by Crippen LogP contribution is 2.29. The molecular weight excluding hydrogens is 285 g/mol. The summed E-state index contributed by atoms with van der Waals surface area (Å²) < 4.78 is 3.84. The van der Waals surface area contributed by atoms with Gasteiger partial charge in [0.05, 0.1) is 18.0 Å². The molecule has 2 aromatic heterocycles. The summed E-state index contributed by atoms with van der Waals surface area (Å²) in [6.45, 7) is 2.60. The number of hydrogen-bond acceptors (Lipinski definition) is 4. The molecule has 0 spiro atoms. The number of carbonyl (C=O) groups excluding carboxylic acids is 1. The second-order valence-electron chi connectivity index (χ2n) is 5.27. The molecule has 0 radical (unpaired) electrons. The van der Waals surface area contributed by atoms with Crippen LogP contribution in [0, 0.1) is 0 Å². The summed E-state index contributed by atoms with van der Waals surface area (Å²) in [6, 6.07) is 2.12. The Morgan fingerprint density at radius 2 is 2.33 bits per heavy atom. The number of fused-ring (bicyclic) bond motifs is 1. The summed E-state index contributed by atoms with van der Waals surface area (Å²) in [5.74, 6) is 1.12. The third-order valence-electron chi connectivity index (χ3n) is 3.71. The second-order valence-corrected chi connectivity index (χ2v) is 5.82. The highest BCUT2D eigenvalue weighted by atomic mass is 31.0. The van der Waals surface area contributed by atoms with Crippen molar-refractivity contribution in [1.82, 2.24) is 14.1 Å². The van der Waals surface area contributed by atoms with Crippen LogP contribution in [-0.2, 0) is 4.79 Å². The van der Waals surface area contributed by atoms with Gasteiger partial charge in [-0.05, 0) is 22.4 Å². The van der Waals surface area contributed by atoms with E-state index in [0.717, 1.165) is 28.9 Å². The summed E-state index contributed by atoms with van der Waals surface area (Å²) in [6.07, 6.45) is 7.17. The highest BCUT2D eigenvalue weighted by molar-refractivity contribution is 7.14. The molecule has 2 aromatic rings. The minimum absolute atomic E-state index is 0.0638. The molecule has 110 valence electrons. The molecule has 2 atom stereocenters. The molecule has 2 unspecified atom stereocenters. The summed E-state index contributed by atoms with van der Waals surface area (Å²) in [5.41, 5.74) is 3.04. The first-order chi connectivity index (χ1) is 10.1. The van der Waals surface area contributed by atoms with Crippen LogP contribution in [-0.4, -0.2) is 39.8 Å². The van der Waals surface area contributed by atoms with Crippen LogP contribution in [0.25, 0.3) is 0 Å². The average molecular weight is 303 g/mol. The molecule has 3 rings (SSSR count). The molecule has 3 heterocycles. The van der Waals surface area contributed by atoms with Crippen LogP contribution < -0.4 is 4.90 Å². The fourth-order valence-corrected chi connectivity index (χ4v) is 2.97. The average Bonchev–Trinajstić information content (AvgIpc) is 3.08. The lowest BCUT2D eigenvalue weighted by molar-refractivity contribution is -0.108. The summed E-state index contributed by atoms with van der Waals surface area (Å²) in [5, 5.41) is 4.36. The zero-order chi connectivity index (χ0) is 15.0. The third-order valence-corrected chi connectivity index (χ3v) is 4.13. The fraction of sp³-hybridized carbons (Fsp3) is 0.357. The van der Waals surface area contributed by atoms with Gasteiger partial charge in [0.2, 0.25) is 0 Å². The number of aromatic nitrogens is 3. The number of hydrogen-bond donors (Lipinski definition) is 0. The van der Waals surface area contributed by atoms with Crippen molar-refractivity contribution in [1.29, 1.82) is 0 Å². The smallest absolute Gasteiger partial charge is 0.122 e. The molecule has 1 aliphatic heterocycles. The van der Waals surface area contributed by atoms with E-state index in [9.17, 15) is 4.79 Å². The Kier molecular flexibility index (Phi) is 3.64. The van der Waals surface area contributed by atoms with Gasteiger partial charge < -0.3 is 14.0 Å². The second kappa shape index (κ2) is 5.45. The van der Waals surface area contributed by atoms with Crippen LogP contribution in [0.1, 0.15) is 30.5 Å². The van der Waals surface area contributed by atoms with E-state index in [0.29, 0.717) is 13.1 Å². The molecule has 7 heteroatoms. The van der Waals surface area contributed by atoms with Gasteiger partial charge in [-0.3, -0.25) is 9.67 Å². The third kappa shape index (κ3) is 2.40. The number of aldehydes is 1. The van der Waals surface area contributed by atoms with Crippen LogP contribution in [0.4, 0.5) is 5.82 Å². The minimum atomic E-state index is 0.0638. The first-order valence-corrected chi connectivity index (χ1v) is 7.34. The van der Waals surface area contributed by atoms with E-state index in [1.807, 2.05) is 41.6 Å². The van der Waals surface area contributed by atoms with Crippen molar-refractivity contribution in [2.24, 2.45) is 4.99 Å². The zero-order valence-corrected chi connectivity index (χ0v) is 13.3. The topological polar surface area (TPSA) is 55.4 Å². The predicted octanol–water partition coefficient (Wildman–Crippen LogP) is 1.72. The maximum absolute atomic E-state index is 10.6. The molecule has 0 bridgehead atoms. The van der Waals surface area contributed by atoms with Crippen LogP contribution in [0.15, 0.2) is 29.6 Å². The van der Waals surface area contributed by atoms with Crippen LogP contribution >= 0.6 is 9.39 Å². The predicted molar refractivity (Wildman–Crippen MR) is 86.1 cm³/mol. The van der Waals surface area contributed by atoms with Crippen molar-refractivity contribution < 1.29 is 4.79 Å². The highest BCUT2D eigenvalue weighted by Gasteiger charge is 2.23. The molecule has 0 amide bonds. The lowest BCUT2D eigenvalue weighted by Crippen LogP contribution is -2.26. The van der Waals surface area contributed by atoms with Crippen molar-refractivity contribution >= 4 is 27.2 Å². The first kappa shape index (κ1) is 14.0. The van der Waals surface area contributed by atoms with Gasteiger partial charge in [0.15, 0.2) is 0 Å². The Hall–Kier alpha value is -1.94. The molecule has 0 aliphatic carbocycles. The largest absolute Gasteiger partial charge is 0.341 e. The molecule has 0 saturated heterocycles. The van der Waals surface area contributed by atoms with Gasteiger partial charge in [-0.2, -0.15) is 5.10 Å². The number of anilines is 1. The summed E-state index contributed by atoms with van der Waals surface area (Å²) in [4.78, 5) is 17.4. The molecule has 21 heavy (non-hydrogen) atoms. The minimum Gasteiger partial charge on any atom is -0.341 e. The maximum atomic E-state index is 10.6. The van der Waals surface area contributed by atoms with Gasteiger partial charge in [-0.15, -0.1) is 0 Å². The van der Waals surface area contributed by atoms with E-state index in [2.05, 4.69) is 30.4 Å².